The van der Waals surface area contributed by atoms with Crippen LogP contribution in [0.1, 0.15) is 0 Å². The molecule has 78 valence electrons. The molecule has 0 aromatic rings. The van der Waals surface area contributed by atoms with Gasteiger partial charge in [0.15, 0.2) is 0 Å². The minimum absolute atomic E-state index is 0. The van der Waals surface area contributed by atoms with Gasteiger partial charge in [0.25, 0.3) is 0 Å². The first-order chi connectivity index (χ1) is 5.93. The summed E-state index contributed by atoms with van der Waals surface area (Å²) in [5.41, 5.74) is 0. The van der Waals surface area contributed by atoms with Crippen LogP contribution in [0, 0.1) is 25.4 Å². The lowest BCUT2D eigenvalue weighted by Crippen LogP contribution is -2.05. The SMILES string of the molecule is O=C1N=NC([N+](=O)[O-])=N1.O=[N+]([O-])[O-].[NH4+]. The van der Waals surface area contributed by atoms with Crippen molar-refractivity contribution in [1.29, 1.82) is 0 Å². The van der Waals surface area contributed by atoms with E-state index in [1.165, 1.54) is 0 Å². The first-order valence-corrected chi connectivity index (χ1v) is 2.44. The molecule has 1 aliphatic heterocycles. The van der Waals surface area contributed by atoms with Crippen LogP contribution in [0.3, 0.4) is 0 Å². The zero-order valence-corrected chi connectivity index (χ0v) is 6.69. The van der Waals surface area contributed by atoms with Crippen LogP contribution in [0.2, 0.25) is 0 Å². The first-order valence-electron chi connectivity index (χ1n) is 2.44. The van der Waals surface area contributed by atoms with Crippen molar-refractivity contribution in [3.63, 3.8) is 0 Å². The second-order valence-corrected chi connectivity index (χ2v) is 1.38. The van der Waals surface area contributed by atoms with Gasteiger partial charge in [0, 0.05) is 10.1 Å². The number of urea groups is 1. The quantitative estimate of drug-likeness (QED) is 0.438. The summed E-state index contributed by atoms with van der Waals surface area (Å²) >= 11 is 0. The van der Waals surface area contributed by atoms with E-state index in [0.29, 0.717) is 0 Å². The van der Waals surface area contributed by atoms with Crippen LogP contribution in [0.15, 0.2) is 15.2 Å². The Kier molecular flexibility index (Phi) is 6.09. The summed E-state index contributed by atoms with van der Waals surface area (Å²) < 4.78 is 0. The van der Waals surface area contributed by atoms with Crippen molar-refractivity contribution in [3.8, 4) is 0 Å². The maximum absolute atomic E-state index is 10.0. The van der Waals surface area contributed by atoms with E-state index in [4.69, 9.17) is 15.3 Å². The summed E-state index contributed by atoms with van der Waals surface area (Å²) in [6.45, 7) is 0. The summed E-state index contributed by atoms with van der Waals surface area (Å²) in [5.74, 6) is -0.750. The fourth-order valence-electron chi connectivity index (χ4n) is 0.295. The normalized spacial score (nSPS) is 12.0. The van der Waals surface area contributed by atoms with E-state index in [2.05, 4.69) is 15.2 Å². The van der Waals surface area contributed by atoms with Crippen molar-refractivity contribution in [2.45, 2.75) is 0 Å². The summed E-state index contributed by atoms with van der Waals surface area (Å²) in [6, 6.07) is -0.929. The van der Waals surface area contributed by atoms with Gasteiger partial charge in [-0.3, -0.25) is 0 Å². The van der Waals surface area contributed by atoms with Gasteiger partial charge in [0.1, 0.15) is 0 Å². The number of carbonyl (C=O) groups is 1. The number of nitrogens with zero attached hydrogens (tertiary/aromatic N) is 5. The molecule has 0 radical (unpaired) electrons. The molecule has 4 N–H and O–H groups in total. The number of nitro groups is 1. The van der Waals surface area contributed by atoms with Gasteiger partial charge in [-0.05, 0) is 4.92 Å². The lowest BCUT2D eigenvalue weighted by atomic mass is 11.0. The highest BCUT2D eigenvalue weighted by atomic mass is 16.9. The van der Waals surface area contributed by atoms with Gasteiger partial charge in [-0.25, -0.2) is 4.79 Å². The van der Waals surface area contributed by atoms with Gasteiger partial charge in [-0.1, -0.05) is 0 Å². The molecule has 14 heavy (non-hydrogen) atoms. The smallest absolute Gasteiger partial charge is 0.390 e. The minimum atomic E-state index is -1.75. The van der Waals surface area contributed by atoms with E-state index in [-0.39, 0.29) is 6.15 Å². The van der Waals surface area contributed by atoms with E-state index >= 15 is 0 Å². The Hall–Kier alpha value is -2.50. The van der Waals surface area contributed by atoms with Crippen LogP contribution in [0.5, 0.6) is 0 Å². The fourth-order valence-corrected chi connectivity index (χ4v) is 0.295. The molecule has 2 amide bonds. The minimum Gasteiger partial charge on any atom is -0.390 e. The summed E-state index contributed by atoms with van der Waals surface area (Å²) in [4.78, 5) is 29.9. The van der Waals surface area contributed by atoms with Gasteiger partial charge >= 0.3 is 12.0 Å². The Balaban J connectivity index is 0. The third-order valence-electron chi connectivity index (χ3n) is 0.584. The molecular weight excluding hydrogens is 204 g/mol. The molecule has 0 spiro atoms. The van der Waals surface area contributed by atoms with Crippen LogP contribution in [-0.4, -0.2) is 22.0 Å². The highest BCUT2D eigenvalue weighted by molar-refractivity contribution is 5.93. The topological polar surface area (TPSA) is 200 Å². The third-order valence-corrected chi connectivity index (χ3v) is 0.584. The highest BCUT2D eigenvalue weighted by Crippen LogP contribution is 1.97. The van der Waals surface area contributed by atoms with E-state index in [1.807, 2.05) is 0 Å². The highest BCUT2D eigenvalue weighted by Gasteiger charge is 2.23. The van der Waals surface area contributed by atoms with Gasteiger partial charge in [0.2, 0.25) is 0 Å². The van der Waals surface area contributed by atoms with Gasteiger partial charge in [-0.15, -0.1) is 0 Å². The second kappa shape index (κ2) is 6.06. The van der Waals surface area contributed by atoms with Crippen molar-refractivity contribution in [1.82, 2.24) is 6.15 Å². The Labute approximate surface area is 74.8 Å². The van der Waals surface area contributed by atoms with Gasteiger partial charge < -0.3 is 31.6 Å². The Morgan fingerprint density at radius 3 is 1.64 bits per heavy atom. The molecule has 0 bridgehead atoms. The molecule has 12 heteroatoms. The average molecular weight is 208 g/mol. The van der Waals surface area contributed by atoms with Gasteiger partial charge in [-0.2, -0.15) is 0 Å². The number of rotatable bonds is 0. The molecule has 0 atom stereocenters. The molecular formula is C2H4N6O6. The average Bonchev–Trinajstić information content (AvgIpc) is 2.34. The van der Waals surface area contributed by atoms with Crippen LogP contribution < -0.4 is 6.15 Å². The summed E-state index contributed by atoms with van der Waals surface area (Å²) in [6.07, 6.45) is 0. The van der Waals surface area contributed by atoms with E-state index in [9.17, 15) is 14.9 Å². The van der Waals surface area contributed by atoms with Crippen molar-refractivity contribution in [3.05, 3.63) is 25.4 Å². The molecule has 0 aromatic carbocycles. The maximum atomic E-state index is 10.0. The first kappa shape index (κ1) is 14.0. The molecule has 0 saturated heterocycles. The number of hydrogen-bond acceptors (Lipinski definition) is 7. The molecule has 12 nitrogen and oxygen atoms in total. The largest absolute Gasteiger partial charge is 0.496 e. The number of azo groups is 1. The second-order valence-electron chi connectivity index (χ2n) is 1.38. The van der Waals surface area contributed by atoms with E-state index in [0.717, 1.165) is 0 Å². The van der Waals surface area contributed by atoms with Crippen molar-refractivity contribution < 1.29 is 14.8 Å². The number of guanidine groups is 1. The zero-order chi connectivity index (χ0) is 10.4. The van der Waals surface area contributed by atoms with E-state index in [1.54, 1.807) is 0 Å². The van der Waals surface area contributed by atoms with Crippen LogP contribution in [-0.2, 0) is 0 Å². The van der Waals surface area contributed by atoms with Crippen molar-refractivity contribution >= 4 is 12.0 Å². The fraction of sp³-hybridized carbons (Fsp3) is 0. The lowest BCUT2D eigenvalue weighted by Gasteiger charge is -1.82. The number of carbonyl (C=O) groups excluding carboxylic acids is 1. The Morgan fingerprint density at radius 2 is 1.50 bits per heavy atom. The molecule has 0 saturated carbocycles. The standard InChI is InChI=1S/C2N4O3.NO3.H3N/c7-2-3-1(4-5-2)6(8)9;2-1(3)4;/h;;1H3/q;-1;/p+1. The summed E-state index contributed by atoms with van der Waals surface area (Å²) in [5, 5.41) is 30.1. The molecule has 1 aliphatic rings. The van der Waals surface area contributed by atoms with Gasteiger partial charge in [0.05, 0.1) is 10.2 Å². The maximum Gasteiger partial charge on any atom is 0.496 e. The molecule has 1 heterocycles. The number of hydrogen-bond donors (Lipinski definition) is 1. The van der Waals surface area contributed by atoms with Crippen molar-refractivity contribution in [2.75, 3.05) is 0 Å². The molecule has 0 aromatic heterocycles. The van der Waals surface area contributed by atoms with E-state index < -0.39 is 22.0 Å². The Morgan fingerprint density at radius 1 is 1.07 bits per heavy atom. The number of quaternary nitrogens is 1. The zero-order valence-electron chi connectivity index (χ0n) is 6.69. The van der Waals surface area contributed by atoms with Crippen molar-refractivity contribution in [2.24, 2.45) is 15.2 Å². The molecule has 0 fully saturated rings. The summed E-state index contributed by atoms with van der Waals surface area (Å²) in [7, 11) is 0. The Bertz CT molecular complexity index is 301. The molecule has 1 rings (SSSR count). The number of aliphatic imine (C=N–C) groups is 1. The predicted molar refractivity (Wildman–Crippen MR) is 41.0 cm³/mol. The molecule has 0 aliphatic carbocycles. The third kappa shape index (κ3) is 6.23. The monoisotopic (exact) mass is 208 g/mol. The molecule has 0 unspecified atom stereocenters. The number of amides is 2. The predicted octanol–water partition coefficient (Wildman–Crippen LogP) is 0.342. The lowest BCUT2D eigenvalue weighted by molar-refractivity contribution is -0.402. The van der Waals surface area contributed by atoms with Crippen LogP contribution >= 0.6 is 0 Å². The van der Waals surface area contributed by atoms with Crippen LogP contribution in [0.4, 0.5) is 4.79 Å². The van der Waals surface area contributed by atoms with Crippen LogP contribution in [0.25, 0.3) is 0 Å².